The van der Waals surface area contributed by atoms with E-state index in [2.05, 4.69) is 0 Å². The van der Waals surface area contributed by atoms with Gasteiger partial charge in [-0.05, 0) is 42.8 Å². The zero-order valence-corrected chi connectivity index (χ0v) is 15.5. The first-order chi connectivity index (χ1) is 11.6. The van der Waals surface area contributed by atoms with E-state index in [1.165, 1.54) is 11.3 Å². The third kappa shape index (κ3) is 4.76. The van der Waals surface area contributed by atoms with Crippen LogP contribution in [-0.4, -0.2) is 31.6 Å². The van der Waals surface area contributed by atoms with Crippen LogP contribution in [0.25, 0.3) is 6.08 Å². The van der Waals surface area contributed by atoms with Gasteiger partial charge in [0.05, 0.1) is 25.1 Å². The van der Waals surface area contributed by atoms with E-state index in [1.807, 2.05) is 37.3 Å². The number of halogens is 1. The quantitative estimate of drug-likeness (QED) is 0.679. The van der Waals surface area contributed by atoms with Crippen LogP contribution in [0, 0.1) is 0 Å². The first-order valence-corrected chi connectivity index (χ1v) is 8.70. The van der Waals surface area contributed by atoms with Crippen LogP contribution >= 0.6 is 22.9 Å². The lowest BCUT2D eigenvalue weighted by Gasteiger charge is -2.18. The number of hydrogen-bond acceptors (Lipinski definition) is 4. The Hall–Kier alpha value is -1.98. The Morgan fingerprint density at radius 1 is 1.21 bits per heavy atom. The SMILES string of the molecule is CCN(Cc1ccc(Cl)s1)C(=O)/C=C/c1ccc(OC)c(OC)c1. The Morgan fingerprint density at radius 2 is 1.96 bits per heavy atom. The molecule has 0 aliphatic carbocycles. The molecule has 1 amide bonds. The van der Waals surface area contributed by atoms with Crippen molar-refractivity contribution in [1.29, 1.82) is 0 Å². The van der Waals surface area contributed by atoms with Gasteiger partial charge in [-0.15, -0.1) is 11.3 Å². The molecule has 0 N–H and O–H groups in total. The maximum Gasteiger partial charge on any atom is 0.246 e. The summed E-state index contributed by atoms with van der Waals surface area (Å²) in [5.41, 5.74) is 0.872. The molecule has 1 aromatic heterocycles. The Morgan fingerprint density at radius 3 is 2.54 bits per heavy atom. The van der Waals surface area contributed by atoms with Crippen LogP contribution in [0.5, 0.6) is 11.5 Å². The molecule has 4 nitrogen and oxygen atoms in total. The minimum atomic E-state index is -0.0446. The van der Waals surface area contributed by atoms with E-state index >= 15 is 0 Å². The summed E-state index contributed by atoms with van der Waals surface area (Å²) in [7, 11) is 3.17. The van der Waals surface area contributed by atoms with Crippen molar-refractivity contribution in [1.82, 2.24) is 4.90 Å². The zero-order valence-electron chi connectivity index (χ0n) is 13.9. The Bertz CT molecular complexity index is 727. The zero-order chi connectivity index (χ0) is 17.5. The van der Waals surface area contributed by atoms with Crippen LogP contribution in [0.2, 0.25) is 4.34 Å². The fourth-order valence-corrected chi connectivity index (χ4v) is 3.30. The fraction of sp³-hybridized carbons (Fsp3) is 0.278. The second-order valence-corrected chi connectivity index (χ2v) is 6.81. The number of nitrogens with zero attached hydrogens (tertiary/aromatic N) is 1. The van der Waals surface area contributed by atoms with Crippen molar-refractivity contribution >= 4 is 34.9 Å². The standard InChI is InChI=1S/C18H20ClNO3S/c1-4-20(12-14-7-9-17(19)24-14)18(21)10-6-13-5-8-15(22-2)16(11-13)23-3/h5-11H,4,12H2,1-3H3/b10-6+. The smallest absolute Gasteiger partial charge is 0.246 e. The first kappa shape index (κ1) is 18.4. The highest BCUT2D eigenvalue weighted by molar-refractivity contribution is 7.16. The second kappa shape index (κ2) is 8.76. The van der Waals surface area contributed by atoms with E-state index in [0.717, 1.165) is 14.8 Å². The molecule has 0 saturated heterocycles. The van der Waals surface area contributed by atoms with Gasteiger partial charge in [-0.1, -0.05) is 17.7 Å². The molecular weight excluding hydrogens is 346 g/mol. The minimum absolute atomic E-state index is 0.0446. The fourth-order valence-electron chi connectivity index (χ4n) is 2.20. The molecule has 0 spiro atoms. The molecule has 0 unspecified atom stereocenters. The normalized spacial score (nSPS) is 10.8. The van der Waals surface area contributed by atoms with E-state index < -0.39 is 0 Å². The van der Waals surface area contributed by atoms with Crippen molar-refractivity contribution in [3.05, 3.63) is 51.2 Å². The Balaban J connectivity index is 2.07. The highest BCUT2D eigenvalue weighted by Crippen LogP contribution is 2.28. The number of likely N-dealkylation sites (N-methyl/N-ethyl adjacent to an activating group) is 1. The molecule has 2 aromatic rings. The predicted molar refractivity (Wildman–Crippen MR) is 99.0 cm³/mol. The van der Waals surface area contributed by atoms with Gasteiger partial charge in [-0.3, -0.25) is 4.79 Å². The largest absolute Gasteiger partial charge is 0.493 e. The van der Waals surface area contributed by atoms with Gasteiger partial charge in [0.2, 0.25) is 5.91 Å². The summed E-state index contributed by atoms with van der Waals surface area (Å²) in [6.07, 6.45) is 3.34. The molecule has 6 heteroatoms. The van der Waals surface area contributed by atoms with Crippen LogP contribution in [0.1, 0.15) is 17.4 Å². The van der Waals surface area contributed by atoms with Crippen molar-refractivity contribution < 1.29 is 14.3 Å². The predicted octanol–water partition coefficient (Wildman–Crippen LogP) is 4.48. The van der Waals surface area contributed by atoms with Crippen LogP contribution in [0.15, 0.2) is 36.4 Å². The molecule has 0 bridgehead atoms. The maximum absolute atomic E-state index is 12.4. The van der Waals surface area contributed by atoms with Crippen LogP contribution in [0.3, 0.4) is 0 Å². The lowest BCUT2D eigenvalue weighted by atomic mass is 10.2. The summed E-state index contributed by atoms with van der Waals surface area (Å²) in [5.74, 6) is 1.25. The lowest BCUT2D eigenvalue weighted by Crippen LogP contribution is -2.28. The number of carbonyl (C=O) groups is 1. The third-order valence-corrected chi connectivity index (χ3v) is 4.71. The molecule has 0 atom stereocenters. The van der Waals surface area contributed by atoms with E-state index in [9.17, 15) is 4.79 Å². The minimum Gasteiger partial charge on any atom is -0.493 e. The lowest BCUT2D eigenvalue weighted by molar-refractivity contribution is -0.126. The van der Waals surface area contributed by atoms with Gasteiger partial charge in [0.15, 0.2) is 11.5 Å². The number of methoxy groups -OCH3 is 2. The third-order valence-electron chi connectivity index (χ3n) is 3.49. The molecule has 24 heavy (non-hydrogen) atoms. The molecule has 2 rings (SSSR count). The monoisotopic (exact) mass is 365 g/mol. The van der Waals surface area contributed by atoms with Crippen molar-refractivity contribution in [2.45, 2.75) is 13.5 Å². The van der Waals surface area contributed by atoms with Crippen molar-refractivity contribution in [2.24, 2.45) is 0 Å². The van der Waals surface area contributed by atoms with E-state index in [1.54, 1.807) is 31.3 Å². The summed E-state index contributed by atoms with van der Waals surface area (Å²) < 4.78 is 11.2. The molecule has 128 valence electrons. The first-order valence-electron chi connectivity index (χ1n) is 7.50. The van der Waals surface area contributed by atoms with Crippen LogP contribution in [-0.2, 0) is 11.3 Å². The summed E-state index contributed by atoms with van der Waals surface area (Å²) in [6.45, 7) is 3.14. The number of thiophene rings is 1. The van der Waals surface area contributed by atoms with Gasteiger partial charge in [0.25, 0.3) is 0 Å². The number of hydrogen-bond donors (Lipinski definition) is 0. The van der Waals surface area contributed by atoms with Gasteiger partial charge >= 0.3 is 0 Å². The highest BCUT2D eigenvalue weighted by atomic mass is 35.5. The maximum atomic E-state index is 12.4. The molecule has 0 saturated carbocycles. The van der Waals surface area contributed by atoms with E-state index in [4.69, 9.17) is 21.1 Å². The molecule has 0 fully saturated rings. The molecule has 1 heterocycles. The highest BCUT2D eigenvalue weighted by Gasteiger charge is 2.11. The van der Waals surface area contributed by atoms with E-state index in [-0.39, 0.29) is 5.91 Å². The van der Waals surface area contributed by atoms with Crippen molar-refractivity contribution in [3.63, 3.8) is 0 Å². The summed E-state index contributed by atoms with van der Waals surface area (Å²) in [6, 6.07) is 9.31. The average molecular weight is 366 g/mol. The topological polar surface area (TPSA) is 38.8 Å². The van der Waals surface area contributed by atoms with Crippen molar-refractivity contribution in [2.75, 3.05) is 20.8 Å². The summed E-state index contributed by atoms with van der Waals surface area (Å²) >= 11 is 7.43. The van der Waals surface area contributed by atoms with Gasteiger partial charge in [0.1, 0.15) is 0 Å². The van der Waals surface area contributed by atoms with Gasteiger partial charge in [-0.2, -0.15) is 0 Å². The second-order valence-electron chi connectivity index (χ2n) is 5.01. The Labute approximate surface area is 151 Å². The molecule has 1 aromatic carbocycles. The van der Waals surface area contributed by atoms with E-state index in [0.29, 0.717) is 24.6 Å². The average Bonchev–Trinajstić information content (AvgIpc) is 3.02. The summed E-state index contributed by atoms with van der Waals surface area (Å²) in [4.78, 5) is 15.2. The number of ether oxygens (including phenoxy) is 2. The van der Waals surface area contributed by atoms with Crippen molar-refractivity contribution in [3.8, 4) is 11.5 Å². The molecule has 0 aliphatic rings. The molecular formula is C18H20ClNO3S. The summed E-state index contributed by atoms with van der Waals surface area (Å²) in [5, 5.41) is 0. The number of rotatable bonds is 7. The molecule has 0 radical (unpaired) electrons. The van der Waals surface area contributed by atoms with Gasteiger partial charge < -0.3 is 14.4 Å². The molecule has 0 aliphatic heterocycles. The van der Waals surface area contributed by atoms with Crippen LogP contribution < -0.4 is 9.47 Å². The number of benzene rings is 1. The van der Waals surface area contributed by atoms with Gasteiger partial charge in [-0.25, -0.2) is 0 Å². The van der Waals surface area contributed by atoms with Crippen LogP contribution in [0.4, 0.5) is 0 Å². The number of carbonyl (C=O) groups excluding carboxylic acids is 1. The number of amides is 1. The Kier molecular flexibility index (Phi) is 6.70. The van der Waals surface area contributed by atoms with Gasteiger partial charge in [0, 0.05) is 17.5 Å².